The first-order chi connectivity index (χ1) is 12.1. The second kappa shape index (κ2) is 5.62. The maximum atomic E-state index is 12.5. The number of amides is 2. The van der Waals surface area contributed by atoms with E-state index in [0.29, 0.717) is 44.3 Å². The monoisotopic (exact) mass is 347 g/mol. The third-order valence-corrected chi connectivity index (χ3v) is 4.35. The quantitative estimate of drug-likeness (QED) is 0.876. The number of hydrogen-bond donors (Lipinski definition) is 2. The predicted octanol–water partition coefficient (Wildman–Crippen LogP) is 2.59. The lowest BCUT2D eigenvalue weighted by Gasteiger charge is -2.07. The number of nitrogens with one attached hydrogen (secondary N) is 2. The maximum Gasteiger partial charge on any atom is 0.258 e. The molecule has 0 saturated carbocycles. The molecule has 0 unspecified atom stereocenters. The van der Waals surface area contributed by atoms with Gasteiger partial charge in [0.05, 0.1) is 34.2 Å². The molecule has 0 bridgehead atoms. The highest BCUT2D eigenvalue weighted by atomic mass is 35.5. The van der Waals surface area contributed by atoms with Crippen LogP contribution in [0.2, 0.25) is 5.02 Å². The fourth-order valence-corrected chi connectivity index (χ4v) is 3.10. The van der Waals surface area contributed by atoms with Crippen LogP contribution in [-0.4, -0.2) is 11.8 Å². The zero-order valence-corrected chi connectivity index (χ0v) is 13.5. The molecule has 2 aliphatic rings. The van der Waals surface area contributed by atoms with Crippen molar-refractivity contribution in [2.24, 2.45) is 0 Å². The van der Waals surface area contributed by atoms with E-state index >= 15 is 0 Å². The Kier molecular flexibility index (Phi) is 3.41. The van der Waals surface area contributed by atoms with Crippen molar-refractivity contribution in [3.63, 3.8) is 0 Å². The standard InChI is InChI=1S/C19H10ClN3O2/c20-13-6-4-11(5-7-13)16-14-15(19(25)22-16)17(23-18(14)24)12-3-1-2-10(8-12)9-21/h1-8H,(H,22,25)(H,23,24). The lowest BCUT2D eigenvalue weighted by molar-refractivity contribution is -0.117. The van der Waals surface area contributed by atoms with Gasteiger partial charge in [0.1, 0.15) is 0 Å². The highest BCUT2D eigenvalue weighted by Gasteiger charge is 2.40. The van der Waals surface area contributed by atoms with Crippen LogP contribution in [0.4, 0.5) is 0 Å². The van der Waals surface area contributed by atoms with Crippen molar-refractivity contribution in [1.82, 2.24) is 10.6 Å². The van der Waals surface area contributed by atoms with Gasteiger partial charge >= 0.3 is 0 Å². The average Bonchev–Trinajstić information content (AvgIpc) is 3.15. The molecule has 2 aromatic rings. The highest BCUT2D eigenvalue weighted by molar-refractivity contribution is 6.31. The van der Waals surface area contributed by atoms with Gasteiger partial charge in [-0.05, 0) is 29.8 Å². The van der Waals surface area contributed by atoms with E-state index in [2.05, 4.69) is 16.7 Å². The van der Waals surface area contributed by atoms with E-state index in [4.69, 9.17) is 16.9 Å². The van der Waals surface area contributed by atoms with E-state index in [-0.39, 0.29) is 11.8 Å². The number of halogens is 1. The van der Waals surface area contributed by atoms with E-state index in [9.17, 15) is 9.59 Å². The Morgan fingerprint density at radius 1 is 0.840 bits per heavy atom. The molecule has 5 nitrogen and oxygen atoms in total. The summed E-state index contributed by atoms with van der Waals surface area (Å²) >= 11 is 5.90. The molecule has 2 N–H and O–H groups in total. The van der Waals surface area contributed by atoms with Gasteiger partial charge in [-0.25, -0.2) is 0 Å². The number of carbonyl (C=O) groups is 2. The van der Waals surface area contributed by atoms with Crippen molar-refractivity contribution < 1.29 is 9.59 Å². The first-order valence-corrected chi connectivity index (χ1v) is 7.84. The van der Waals surface area contributed by atoms with E-state index < -0.39 is 0 Å². The molecule has 2 aromatic carbocycles. The van der Waals surface area contributed by atoms with Crippen molar-refractivity contribution in [3.05, 3.63) is 81.4 Å². The number of hydrogen-bond acceptors (Lipinski definition) is 3. The smallest absolute Gasteiger partial charge is 0.258 e. The topological polar surface area (TPSA) is 82.0 Å². The van der Waals surface area contributed by atoms with Gasteiger partial charge in [-0.15, -0.1) is 0 Å². The minimum absolute atomic E-state index is 0.296. The van der Waals surface area contributed by atoms with Crippen LogP contribution in [-0.2, 0) is 9.59 Å². The van der Waals surface area contributed by atoms with E-state index in [1.54, 1.807) is 48.5 Å². The van der Waals surface area contributed by atoms with E-state index in [1.165, 1.54) is 0 Å². The van der Waals surface area contributed by atoms with Gasteiger partial charge < -0.3 is 10.6 Å². The summed E-state index contributed by atoms with van der Waals surface area (Å²) in [6.45, 7) is 0. The normalized spacial score (nSPS) is 15.8. The highest BCUT2D eigenvalue weighted by Crippen LogP contribution is 2.37. The Balaban J connectivity index is 1.90. The van der Waals surface area contributed by atoms with Crippen LogP contribution in [0.3, 0.4) is 0 Å². The molecule has 4 rings (SSSR count). The number of nitrogens with zero attached hydrogens (tertiary/aromatic N) is 1. The SMILES string of the molecule is N#Cc1cccc(C2=C3C(=O)NC(c4ccc(Cl)cc4)=C3C(=O)N2)c1. The van der Waals surface area contributed by atoms with Crippen molar-refractivity contribution >= 4 is 34.8 Å². The Hall–Kier alpha value is -3.36. The molecule has 0 aliphatic carbocycles. The van der Waals surface area contributed by atoms with Crippen LogP contribution in [0.15, 0.2) is 59.7 Å². The van der Waals surface area contributed by atoms with Gasteiger partial charge in [0, 0.05) is 10.6 Å². The van der Waals surface area contributed by atoms with E-state index in [0.717, 1.165) is 0 Å². The minimum Gasteiger partial charge on any atom is -0.321 e. The average molecular weight is 348 g/mol. The Labute approximate surface area is 148 Å². The first kappa shape index (κ1) is 15.2. The summed E-state index contributed by atoms with van der Waals surface area (Å²) in [5.74, 6) is -0.702. The fraction of sp³-hybridized carbons (Fsp3) is 0. The van der Waals surface area contributed by atoms with Crippen molar-refractivity contribution in [2.75, 3.05) is 0 Å². The van der Waals surface area contributed by atoms with Gasteiger partial charge in [0.25, 0.3) is 11.8 Å². The minimum atomic E-state index is -0.351. The summed E-state index contributed by atoms with van der Waals surface area (Å²) in [5, 5.41) is 15.1. The fourth-order valence-electron chi connectivity index (χ4n) is 2.98. The Bertz CT molecular complexity index is 1040. The molecule has 0 aromatic heterocycles. The van der Waals surface area contributed by atoms with Crippen molar-refractivity contribution in [3.8, 4) is 6.07 Å². The number of rotatable bonds is 2. The van der Waals surface area contributed by atoms with Crippen LogP contribution in [0.25, 0.3) is 11.4 Å². The Morgan fingerprint density at radius 3 is 2.04 bits per heavy atom. The summed E-state index contributed by atoms with van der Waals surface area (Å²) < 4.78 is 0. The largest absolute Gasteiger partial charge is 0.321 e. The summed E-state index contributed by atoms with van der Waals surface area (Å²) in [6, 6.07) is 15.7. The molecule has 0 fully saturated rings. The predicted molar refractivity (Wildman–Crippen MR) is 92.7 cm³/mol. The maximum absolute atomic E-state index is 12.5. The van der Waals surface area contributed by atoms with Crippen LogP contribution in [0.5, 0.6) is 0 Å². The molecule has 2 aliphatic heterocycles. The van der Waals surface area contributed by atoms with Crippen LogP contribution < -0.4 is 10.6 Å². The van der Waals surface area contributed by atoms with Crippen LogP contribution in [0, 0.1) is 11.3 Å². The summed E-state index contributed by atoms with van der Waals surface area (Å²) in [5.41, 5.74) is 3.25. The Morgan fingerprint density at radius 2 is 1.44 bits per heavy atom. The van der Waals surface area contributed by atoms with Crippen LogP contribution in [0.1, 0.15) is 16.7 Å². The molecule has 6 heteroatoms. The zero-order valence-electron chi connectivity index (χ0n) is 12.8. The second-order valence-corrected chi connectivity index (χ2v) is 6.04. The molecular formula is C19H10ClN3O2. The lowest BCUT2D eigenvalue weighted by atomic mass is 10.0. The van der Waals surface area contributed by atoms with Crippen molar-refractivity contribution in [1.29, 1.82) is 5.26 Å². The second-order valence-electron chi connectivity index (χ2n) is 5.61. The van der Waals surface area contributed by atoms with Gasteiger partial charge in [0.2, 0.25) is 0 Å². The van der Waals surface area contributed by atoms with E-state index in [1.807, 2.05) is 0 Å². The summed E-state index contributed by atoms with van der Waals surface area (Å²) in [7, 11) is 0. The molecular weight excluding hydrogens is 338 g/mol. The number of nitriles is 1. The molecule has 25 heavy (non-hydrogen) atoms. The third kappa shape index (κ3) is 2.40. The van der Waals surface area contributed by atoms with Crippen LogP contribution >= 0.6 is 11.6 Å². The molecule has 0 spiro atoms. The molecule has 0 atom stereocenters. The molecule has 0 radical (unpaired) electrons. The van der Waals surface area contributed by atoms with Gasteiger partial charge in [-0.2, -0.15) is 5.26 Å². The van der Waals surface area contributed by atoms with Gasteiger partial charge in [-0.3, -0.25) is 9.59 Å². The summed E-state index contributed by atoms with van der Waals surface area (Å²) in [6.07, 6.45) is 0. The molecule has 2 heterocycles. The molecule has 0 saturated heterocycles. The zero-order chi connectivity index (χ0) is 17.6. The van der Waals surface area contributed by atoms with Gasteiger partial charge in [0.15, 0.2) is 0 Å². The lowest BCUT2D eigenvalue weighted by Crippen LogP contribution is -2.21. The summed E-state index contributed by atoms with van der Waals surface area (Å²) in [4.78, 5) is 25.0. The van der Waals surface area contributed by atoms with Crippen molar-refractivity contribution in [2.45, 2.75) is 0 Å². The third-order valence-electron chi connectivity index (χ3n) is 4.09. The number of carbonyl (C=O) groups excluding carboxylic acids is 2. The van der Waals surface area contributed by atoms with Gasteiger partial charge in [-0.1, -0.05) is 35.9 Å². The molecule has 120 valence electrons. The number of benzene rings is 2. The first-order valence-electron chi connectivity index (χ1n) is 7.46. The number of fused-ring (bicyclic) bond motifs is 1. The molecule has 2 amide bonds.